The molecule has 10 nitrogen and oxygen atoms in total. The molecule has 1 aliphatic carbocycles. The molecular weight excluding hydrogens is 504 g/mol. The molecule has 1 N–H and O–H groups in total. The predicted molar refractivity (Wildman–Crippen MR) is 141 cm³/mol. The Balaban J connectivity index is 1.39. The first kappa shape index (κ1) is 25.7. The van der Waals surface area contributed by atoms with Crippen molar-refractivity contribution in [1.29, 1.82) is 0 Å². The molecule has 1 fully saturated rings. The van der Waals surface area contributed by atoms with E-state index in [1.54, 1.807) is 30.4 Å². The number of thiophene rings is 1. The first-order valence-corrected chi connectivity index (χ1v) is 13.6. The predicted octanol–water partition coefficient (Wildman–Crippen LogP) is 4.22. The van der Waals surface area contributed by atoms with Crippen LogP contribution in [-0.2, 0) is 22.7 Å². The third-order valence-electron chi connectivity index (χ3n) is 6.63. The SMILES string of the molecule is COc1ccc(-c2nnn(CC(=O)N(Cc3ccco3)C(C(=O)NC3CCCCC3)c3cccs3)n2)cc1. The highest BCUT2D eigenvalue weighted by atomic mass is 32.1. The van der Waals surface area contributed by atoms with E-state index in [1.165, 1.54) is 22.6 Å². The molecule has 5 rings (SSSR count). The van der Waals surface area contributed by atoms with Gasteiger partial charge >= 0.3 is 0 Å². The van der Waals surface area contributed by atoms with Crippen molar-refractivity contribution < 1.29 is 18.7 Å². The number of benzene rings is 1. The van der Waals surface area contributed by atoms with Crippen molar-refractivity contribution in [3.05, 3.63) is 70.8 Å². The van der Waals surface area contributed by atoms with E-state index < -0.39 is 6.04 Å². The molecule has 3 aromatic heterocycles. The highest BCUT2D eigenvalue weighted by Gasteiger charge is 2.34. The van der Waals surface area contributed by atoms with E-state index >= 15 is 0 Å². The lowest BCUT2D eigenvalue weighted by Gasteiger charge is -2.32. The summed E-state index contributed by atoms with van der Waals surface area (Å²) in [6.45, 7) is -0.0467. The van der Waals surface area contributed by atoms with Gasteiger partial charge in [-0.25, -0.2) is 0 Å². The fourth-order valence-electron chi connectivity index (χ4n) is 4.67. The van der Waals surface area contributed by atoms with Crippen LogP contribution in [0.25, 0.3) is 11.4 Å². The summed E-state index contributed by atoms with van der Waals surface area (Å²) < 4.78 is 10.8. The van der Waals surface area contributed by atoms with Crippen molar-refractivity contribution in [1.82, 2.24) is 30.4 Å². The normalized spacial score (nSPS) is 14.7. The van der Waals surface area contributed by atoms with Crippen LogP contribution in [0.4, 0.5) is 0 Å². The monoisotopic (exact) mass is 534 g/mol. The third-order valence-corrected chi connectivity index (χ3v) is 7.55. The molecule has 2 amide bonds. The molecule has 1 aliphatic rings. The van der Waals surface area contributed by atoms with E-state index in [0.717, 1.165) is 41.9 Å². The number of tetrazole rings is 1. The maximum absolute atomic E-state index is 13.8. The van der Waals surface area contributed by atoms with E-state index in [4.69, 9.17) is 9.15 Å². The molecular formula is C27H30N6O4S. The number of methoxy groups -OCH3 is 1. The van der Waals surface area contributed by atoms with Gasteiger partial charge in [0.2, 0.25) is 17.6 Å². The molecule has 1 unspecified atom stereocenters. The summed E-state index contributed by atoms with van der Waals surface area (Å²) in [6.07, 6.45) is 6.84. The number of carbonyl (C=O) groups excluding carboxylic acids is 2. The number of furan rings is 1. The number of rotatable bonds is 10. The van der Waals surface area contributed by atoms with Crippen LogP contribution in [0.1, 0.15) is 48.8 Å². The zero-order valence-corrected chi connectivity index (χ0v) is 22.0. The Morgan fingerprint density at radius 3 is 2.66 bits per heavy atom. The number of carbonyl (C=O) groups is 2. The Labute approximate surface area is 224 Å². The van der Waals surface area contributed by atoms with Gasteiger partial charge in [0.15, 0.2) is 0 Å². The van der Waals surface area contributed by atoms with Gasteiger partial charge < -0.3 is 19.4 Å². The average Bonchev–Trinajstić information content (AvgIpc) is 3.73. The van der Waals surface area contributed by atoms with Crippen LogP contribution in [0, 0.1) is 0 Å². The van der Waals surface area contributed by atoms with E-state index in [1.807, 2.05) is 41.8 Å². The minimum absolute atomic E-state index is 0.114. The second-order valence-electron chi connectivity index (χ2n) is 9.23. The van der Waals surface area contributed by atoms with Gasteiger partial charge in [-0.05, 0) is 65.9 Å². The van der Waals surface area contributed by atoms with Crippen molar-refractivity contribution in [3.8, 4) is 17.1 Å². The standard InChI is InChI=1S/C27H30N6O4S/c1-36-21-13-11-19(12-14-21)26-29-31-33(30-26)18-24(34)32(17-22-9-5-15-37-22)25(23-10-6-16-38-23)27(35)28-20-7-3-2-4-8-20/h5-6,9-16,20,25H,2-4,7-8,17-18H2,1H3,(H,28,35). The number of hydrogen-bond donors (Lipinski definition) is 1. The van der Waals surface area contributed by atoms with Crippen LogP contribution in [-0.4, -0.2) is 50.1 Å². The summed E-state index contributed by atoms with van der Waals surface area (Å²) in [5.41, 5.74) is 0.750. The van der Waals surface area contributed by atoms with Gasteiger partial charge in [-0.3, -0.25) is 9.59 Å². The molecule has 1 aromatic carbocycles. The van der Waals surface area contributed by atoms with Crippen LogP contribution in [0.5, 0.6) is 5.75 Å². The van der Waals surface area contributed by atoms with E-state index in [-0.39, 0.29) is 30.9 Å². The molecule has 0 saturated heterocycles. The molecule has 38 heavy (non-hydrogen) atoms. The van der Waals surface area contributed by atoms with Crippen molar-refractivity contribution in [2.24, 2.45) is 0 Å². The van der Waals surface area contributed by atoms with Crippen molar-refractivity contribution >= 4 is 23.2 Å². The summed E-state index contributed by atoms with van der Waals surface area (Å²) in [5.74, 6) is 1.18. The number of nitrogens with one attached hydrogen (secondary N) is 1. The van der Waals surface area contributed by atoms with Crippen LogP contribution in [0.2, 0.25) is 0 Å². The zero-order valence-electron chi connectivity index (χ0n) is 21.2. The van der Waals surface area contributed by atoms with Gasteiger partial charge in [0, 0.05) is 16.5 Å². The largest absolute Gasteiger partial charge is 0.497 e. The van der Waals surface area contributed by atoms with Gasteiger partial charge in [0.05, 0.1) is 19.9 Å². The van der Waals surface area contributed by atoms with Gasteiger partial charge in [-0.2, -0.15) is 4.80 Å². The summed E-state index contributed by atoms with van der Waals surface area (Å²) in [7, 11) is 1.60. The Morgan fingerprint density at radius 1 is 1.16 bits per heavy atom. The second kappa shape index (κ2) is 12.0. The molecule has 0 aliphatic heterocycles. The van der Waals surface area contributed by atoms with Gasteiger partial charge in [-0.15, -0.1) is 21.5 Å². The zero-order chi connectivity index (χ0) is 26.3. The van der Waals surface area contributed by atoms with Gasteiger partial charge in [-0.1, -0.05) is 25.3 Å². The smallest absolute Gasteiger partial charge is 0.248 e. The Hall–Kier alpha value is -3.99. The molecule has 198 valence electrons. The maximum Gasteiger partial charge on any atom is 0.248 e. The van der Waals surface area contributed by atoms with Crippen molar-refractivity contribution in [2.45, 2.75) is 57.3 Å². The molecule has 4 aromatic rings. The fourth-order valence-corrected chi connectivity index (χ4v) is 5.50. The quantitative estimate of drug-likeness (QED) is 0.324. The topological polar surface area (TPSA) is 115 Å². The number of amides is 2. The highest BCUT2D eigenvalue weighted by molar-refractivity contribution is 7.10. The molecule has 0 bridgehead atoms. The molecule has 1 atom stereocenters. The van der Waals surface area contributed by atoms with Gasteiger partial charge in [0.25, 0.3) is 0 Å². The molecule has 0 radical (unpaired) electrons. The summed E-state index contributed by atoms with van der Waals surface area (Å²) in [6, 6.07) is 13.9. The van der Waals surface area contributed by atoms with Crippen LogP contribution in [0.3, 0.4) is 0 Å². The van der Waals surface area contributed by atoms with Crippen LogP contribution >= 0.6 is 11.3 Å². The molecule has 1 saturated carbocycles. The minimum atomic E-state index is -0.806. The highest BCUT2D eigenvalue weighted by Crippen LogP contribution is 2.29. The van der Waals surface area contributed by atoms with E-state index in [2.05, 4.69) is 20.7 Å². The fraction of sp³-hybridized carbons (Fsp3) is 0.370. The van der Waals surface area contributed by atoms with Crippen molar-refractivity contribution in [2.75, 3.05) is 7.11 Å². The van der Waals surface area contributed by atoms with E-state index in [0.29, 0.717) is 11.6 Å². The molecule has 3 heterocycles. The lowest BCUT2D eigenvalue weighted by atomic mass is 9.95. The average molecular weight is 535 g/mol. The van der Waals surface area contributed by atoms with Crippen LogP contribution < -0.4 is 10.1 Å². The third kappa shape index (κ3) is 6.10. The number of aromatic nitrogens is 4. The molecule has 11 heteroatoms. The molecule has 0 spiro atoms. The lowest BCUT2D eigenvalue weighted by molar-refractivity contribution is -0.143. The summed E-state index contributed by atoms with van der Waals surface area (Å²) in [4.78, 5) is 31.0. The first-order valence-electron chi connectivity index (χ1n) is 12.7. The Bertz CT molecular complexity index is 1310. The minimum Gasteiger partial charge on any atom is -0.497 e. The number of nitrogens with zero attached hydrogens (tertiary/aromatic N) is 5. The van der Waals surface area contributed by atoms with Crippen molar-refractivity contribution in [3.63, 3.8) is 0 Å². The second-order valence-corrected chi connectivity index (χ2v) is 10.2. The van der Waals surface area contributed by atoms with E-state index in [9.17, 15) is 9.59 Å². The number of hydrogen-bond acceptors (Lipinski definition) is 8. The van der Waals surface area contributed by atoms with Crippen LogP contribution in [0.15, 0.2) is 64.6 Å². The Morgan fingerprint density at radius 2 is 1.97 bits per heavy atom. The first-order chi connectivity index (χ1) is 18.6. The summed E-state index contributed by atoms with van der Waals surface area (Å²) >= 11 is 1.44. The lowest BCUT2D eigenvalue weighted by Crippen LogP contribution is -2.47. The Kier molecular flexibility index (Phi) is 8.12. The summed E-state index contributed by atoms with van der Waals surface area (Å²) in [5, 5.41) is 17.7. The number of ether oxygens (including phenoxy) is 1. The maximum atomic E-state index is 13.8. The van der Waals surface area contributed by atoms with Gasteiger partial charge in [0.1, 0.15) is 24.1 Å².